The first-order valence-corrected chi connectivity index (χ1v) is 11.1. The summed E-state index contributed by atoms with van der Waals surface area (Å²) in [4.78, 5) is 25.9. The lowest BCUT2D eigenvalue weighted by Crippen LogP contribution is -2.40. The molecule has 1 aliphatic rings. The quantitative estimate of drug-likeness (QED) is 0.719. The standard InChI is InChI=1S/C20H21F2N3O4S/c1-30(28,29)25(16-7-8-17(21)18(22)11-16)13-19(26)23-12-14-4-2-5-15(10-14)24-9-3-6-20(24)27/h2,4-5,7-8,10-11H,3,6,9,12-13H2,1H3,(H,23,26). The van der Waals surface area contributed by atoms with E-state index >= 15 is 0 Å². The zero-order valence-electron chi connectivity index (χ0n) is 16.3. The lowest BCUT2D eigenvalue weighted by molar-refractivity contribution is -0.120. The molecule has 1 heterocycles. The molecule has 3 rings (SSSR count). The summed E-state index contributed by atoms with van der Waals surface area (Å²) in [5.41, 5.74) is 1.32. The van der Waals surface area contributed by atoms with Crippen molar-refractivity contribution in [3.8, 4) is 0 Å². The van der Waals surface area contributed by atoms with Crippen molar-refractivity contribution in [2.75, 3.05) is 28.6 Å². The molecule has 2 amide bonds. The topological polar surface area (TPSA) is 86.8 Å². The Labute approximate surface area is 173 Å². The molecule has 0 unspecified atom stereocenters. The van der Waals surface area contributed by atoms with Crippen LogP contribution in [-0.4, -0.2) is 39.6 Å². The molecule has 2 aromatic rings. The summed E-state index contributed by atoms with van der Waals surface area (Å²) in [6, 6.07) is 9.74. The molecule has 160 valence electrons. The van der Waals surface area contributed by atoms with Gasteiger partial charge in [-0.2, -0.15) is 0 Å². The molecule has 0 atom stereocenters. The minimum Gasteiger partial charge on any atom is -0.350 e. The molecule has 0 radical (unpaired) electrons. The van der Waals surface area contributed by atoms with Gasteiger partial charge in [0, 0.05) is 31.3 Å². The van der Waals surface area contributed by atoms with E-state index in [0.717, 1.165) is 42.1 Å². The normalized spacial score (nSPS) is 14.1. The average molecular weight is 437 g/mol. The summed E-state index contributed by atoms with van der Waals surface area (Å²) in [6.07, 6.45) is 2.18. The van der Waals surface area contributed by atoms with E-state index in [4.69, 9.17) is 0 Å². The zero-order chi connectivity index (χ0) is 21.9. The molecular formula is C20H21F2N3O4S. The molecule has 0 saturated carbocycles. The Bertz CT molecular complexity index is 1080. The van der Waals surface area contributed by atoms with Crippen molar-refractivity contribution in [3.63, 3.8) is 0 Å². The second kappa shape index (κ2) is 8.78. The molecule has 30 heavy (non-hydrogen) atoms. The molecule has 0 bridgehead atoms. The highest BCUT2D eigenvalue weighted by atomic mass is 32.2. The van der Waals surface area contributed by atoms with Gasteiger partial charge < -0.3 is 10.2 Å². The molecule has 10 heteroatoms. The van der Waals surface area contributed by atoms with Gasteiger partial charge in [0.05, 0.1) is 11.9 Å². The third-order valence-electron chi connectivity index (χ3n) is 4.66. The fourth-order valence-electron chi connectivity index (χ4n) is 3.18. The van der Waals surface area contributed by atoms with E-state index in [-0.39, 0.29) is 18.1 Å². The van der Waals surface area contributed by atoms with E-state index in [1.54, 1.807) is 23.1 Å². The maximum Gasteiger partial charge on any atom is 0.241 e. The number of amides is 2. The van der Waals surface area contributed by atoms with Crippen molar-refractivity contribution in [1.82, 2.24) is 5.32 Å². The summed E-state index contributed by atoms with van der Waals surface area (Å²) in [7, 11) is -3.91. The maximum absolute atomic E-state index is 13.5. The smallest absolute Gasteiger partial charge is 0.241 e. The lowest BCUT2D eigenvalue weighted by atomic mass is 10.2. The Morgan fingerprint density at radius 1 is 1.17 bits per heavy atom. The molecule has 0 spiro atoms. The van der Waals surface area contributed by atoms with Crippen LogP contribution in [0.3, 0.4) is 0 Å². The number of rotatable bonds is 7. The average Bonchev–Trinajstić information content (AvgIpc) is 3.12. The number of benzene rings is 2. The van der Waals surface area contributed by atoms with E-state index in [0.29, 0.717) is 17.3 Å². The summed E-state index contributed by atoms with van der Waals surface area (Å²) in [5.74, 6) is -2.90. The Balaban J connectivity index is 1.68. The zero-order valence-corrected chi connectivity index (χ0v) is 17.1. The molecule has 0 aromatic heterocycles. The number of anilines is 2. The van der Waals surface area contributed by atoms with Crippen molar-refractivity contribution in [1.29, 1.82) is 0 Å². The SMILES string of the molecule is CS(=O)(=O)N(CC(=O)NCc1cccc(N2CCCC2=O)c1)c1ccc(F)c(F)c1. The molecule has 1 fully saturated rings. The Morgan fingerprint density at radius 3 is 2.57 bits per heavy atom. The van der Waals surface area contributed by atoms with Gasteiger partial charge in [-0.05, 0) is 36.2 Å². The third-order valence-corrected chi connectivity index (χ3v) is 5.80. The highest BCUT2D eigenvalue weighted by Crippen LogP contribution is 2.23. The number of halogens is 2. The fraction of sp³-hybridized carbons (Fsp3) is 0.300. The van der Waals surface area contributed by atoms with E-state index in [2.05, 4.69) is 5.32 Å². The van der Waals surface area contributed by atoms with Gasteiger partial charge in [-0.25, -0.2) is 17.2 Å². The van der Waals surface area contributed by atoms with E-state index in [1.807, 2.05) is 6.07 Å². The first-order valence-electron chi connectivity index (χ1n) is 9.24. The maximum atomic E-state index is 13.5. The minimum absolute atomic E-state index is 0.0477. The predicted molar refractivity (Wildman–Crippen MR) is 108 cm³/mol. The van der Waals surface area contributed by atoms with Crippen molar-refractivity contribution in [2.45, 2.75) is 19.4 Å². The molecule has 1 N–H and O–H groups in total. The van der Waals surface area contributed by atoms with Crippen LogP contribution in [0.5, 0.6) is 0 Å². The van der Waals surface area contributed by atoms with Gasteiger partial charge in [0.15, 0.2) is 11.6 Å². The van der Waals surface area contributed by atoms with Crippen LogP contribution >= 0.6 is 0 Å². The highest BCUT2D eigenvalue weighted by molar-refractivity contribution is 7.92. The van der Waals surface area contributed by atoms with Gasteiger partial charge in [-0.1, -0.05) is 12.1 Å². The Kier molecular flexibility index (Phi) is 6.35. The fourth-order valence-corrected chi connectivity index (χ4v) is 4.03. The molecule has 1 saturated heterocycles. The number of hydrogen-bond acceptors (Lipinski definition) is 4. The second-order valence-electron chi connectivity index (χ2n) is 6.96. The van der Waals surface area contributed by atoms with Gasteiger partial charge in [-0.3, -0.25) is 13.9 Å². The number of nitrogens with zero attached hydrogens (tertiary/aromatic N) is 2. The Hall–Kier alpha value is -3.01. The number of carbonyl (C=O) groups is 2. The largest absolute Gasteiger partial charge is 0.350 e. The monoisotopic (exact) mass is 437 g/mol. The van der Waals surface area contributed by atoms with Crippen LogP contribution < -0.4 is 14.5 Å². The first-order chi connectivity index (χ1) is 14.1. The van der Waals surface area contributed by atoms with Gasteiger partial charge in [0.1, 0.15) is 6.54 Å². The van der Waals surface area contributed by atoms with Crippen molar-refractivity contribution >= 4 is 33.2 Å². The van der Waals surface area contributed by atoms with Crippen LogP contribution in [0.15, 0.2) is 42.5 Å². The molecule has 2 aromatic carbocycles. The number of nitrogens with one attached hydrogen (secondary N) is 1. The summed E-state index contributed by atoms with van der Waals surface area (Å²) in [5, 5.41) is 2.61. The molecule has 1 aliphatic heterocycles. The van der Waals surface area contributed by atoms with Crippen molar-refractivity contribution in [3.05, 3.63) is 59.7 Å². The van der Waals surface area contributed by atoms with E-state index < -0.39 is 34.1 Å². The van der Waals surface area contributed by atoms with Crippen LogP contribution in [0.4, 0.5) is 20.2 Å². The minimum atomic E-state index is -3.91. The lowest BCUT2D eigenvalue weighted by Gasteiger charge is -2.22. The Morgan fingerprint density at radius 2 is 1.93 bits per heavy atom. The van der Waals surface area contributed by atoms with E-state index in [9.17, 15) is 26.8 Å². The second-order valence-corrected chi connectivity index (χ2v) is 8.87. The third kappa shape index (κ3) is 5.12. The number of sulfonamides is 1. The van der Waals surface area contributed by atoms with Crippen LogP contribution in [0, 0.1) is 11.6 Å². The number of hydrogen-bond donors (Lipinski definition) is 1. The molecule has 7 nitrogen and oxygen atoms in total. The summed E-state index contributed by atoms with van der Waals surface area (Å²) in [6.45, 7) is 0.171. The van der Waals surface area contributed by atoms with Crippen LogP contribution in [0.25, 0.3) is 0 Å². The summed E-state index contributed by atoms with van der Waals surface area (Å²) >= 11 is 0. The predicted octanol–water partition coefficient (Wildman–Crippen LogP) is 2.17. The van der Waals surface area contributed by atoms with Crippen LogP contribution in [-0.2, 0) is 26.2 Å². The van der Waals surface area contributed by atoms with Gasteiger partial charge in [0.2, 0.25) is 21.8 Å². The first kappa shape index (κ1) is 21.7. The molecule has 0 aliphatic carbocycles. The van der Waals surface area contributed by atoms with E-state index in [1.165, 1.54) is 0 Å². The van der Waals surface area contributed by atoms with Crippen LogP contribution in [0.2, 0.25) is 0 Å². The van der Waals surface area contributed by atoms with Gasteiger partial charge in [0.25, 0.3) is 0 Å². The highest BCUT2D eigenvalue weighted by Gasteiger charge is 2.23. The van der Waals surface area contributed by atoms with Crippen LogP contribution in [0.1, 0.15) is 18.4 Å². The van der Waals surface area contributed by atoms with Crippen molar-refractivity contribution in [2.24, 2.45) is 0 Å². The summed E-state index contributed by atoms with van der Waals surface area (Å²) < 4.78 is 51.5. The molecular weight excluding hydrogens is 416 g/mol. The van der Waals surface area contributed by atoms with Gasteiger partial charge in [-0.15, -0.1) is 0 Å². The van der Waals surface area contributed by atoms with Crippen molar-refractivity contribution < 1.29 is 26.8 Å². The van der Waals surface area contributed by atoms with Gasteiger partial charge >= 0.3 is 0 Å². The number of carbonyl (C=O) groups excluding carboxylic acids is 2.